The van der Waals surface area contributed by atoms with Crippen LogP contribution in [0.1, 0.15) is 32.8 Å². The second-order valence-electron chi connectivity index (χ2n) is 9.06. The van der Waals surface area contributed by atoms with Crippen molar-refractivity contribution in [1.29, 1.82) is 0 Å². The van der Waals surface area contributed by atoms with Gasteiger partial charge in [-0.1, -0.05) is 72.1 Å². The van der Waals surface area contributed by atoms with Crippen molar-refractivity contribution in [3.8, 4) is 0 Å². The van der Waals surface area contributed by atoms with Gasteiger partial charge in [0.2, 0.25) is 11.8 Å². The van der Waals surface area contributed by atoms with E-state index in [4.69, 9.17) is 34.8 Å². The highest BCUT2D eigenvalue weighted by molar-refractivity contribution is 7.92. The molecular weight excluding hydrogens is 581 g/mol. The van der Waals surface area contributed by atoms with Crippen molar-refractivity contribution >= 4 is 62.3 Å². The Balaban J connectivity index is 2.05. The topological polar surface area (TPSA) is 86.8 Å². The van der Waals surface area contributed by atoms with Gasteiger partial charge in [-0.05, 0) is 68.3 Å². The highest BCUT2D eigenvalue weighted by atomic mass is 35.5. The van der Waals surface area contributed by atoms with Crippen LogP contribution in [0.4, 0.5) is 5.69 Å². The van der Waals surface area contributed by atoms with Crippen molar-refractivity contribution in [1.82, 2.24) is 10.2 Å². The van der Waals surface area contributed by atoms with Gasteiger partial charge in [-0.3, -0.25) is 13.9 Å². The molecule has 0 spiro atoms. The zero-order valence-electron chi connectivity index (χ0n) is 21.8. The molecule has 11 heteroatoms. The Bertz CT molecular complexity index is 1400. The molecule has 3 aromatic carbocycles. The molecule has 208 valence electrons. The number of rotatable bonds is 11. The van der Waals surface area contributed by atoms with Crippen LogP contribution >= 0.6 is 34.8 Å². The molecule has 0 aromatic heterocycles. The number of sulfonamides is 1. The van der Waals surface area contributed by atoms with E-state index in [9.17, 15) is 18.0 Å². The molecule has 0 saturated carbocycles. The van der Waals surface area contributed by atoms with E-state index in [0.717, 1.165) is 4.31 Å². The average Bonchev–Trinajstić information content (AvgIpc) is 2.92. The fourth-order valence-electron chi connectivity index (χ4n) is 3.74. The van der Waals surface area contributed by atoms with Crippen LogP contribution in [0.25, 0.3) is 0 Å². The maximum Gasteiger partial charge on any atom is 0.264 e. The Kier molecular flexibility index (Phi) is 10.7. The smallest absolute Gasteiger partial charge is 0.264 e. The van der Waals surface area contributed by atoms with Crippen molar-refractivity contribution in [2.24, 2.45) is 0 Å². The average molecular weight is 611 g/mol. The van der Waals surface area contributed by atoms with Crippen molar-refractivity contribution in [2.75, 3.05) is 10.8 Å². The first-order valence-electron chi connectivity index (χ1n) is 12.3. The molecule has 3 aromatic rings. The molecule has 2 unspecified atom stereocenters. The lowest BCUT2D eigenvalue weighted by atomic mass is 10.1. The number of nitrogens with one attached hydrogen (secondary N) is 1. The van der Waals surface area contributed by atoms with Crippen LogP contribution in [0.2, 0.25) is 15.1 Å². The van der Waals surface area contributed by atoms with Crippen molar-refractivity contribution in [3.05, 3.63) is 93.4 Å². The fourth-order valence-corrected chi connectivity index (χ4v) is 5.75. The van der Waals surface area contributed by atoms with E-state index in [1.807, 2.05) is 13.8 Å². The van der Waals surface area contributed by atoms with Gasteiger partial charge in [-0.15, -0.1) is 0 Å². The number of anilines is 1. The van der Waals surface area contributed by atoms with Gasteiger partial charge in [0.1, 0.15) is 12.6 Å². The molecule has 0 aliphatic heterocycles. The second-order valence-corrected chi connectivity index (χ2v) is 12.2. The highest BCUT2D eigenvalue weighted by Crippen LogP contribution is 2.33. The number of benzene rings is 3. The Labute approximate surface area is 244 Å². The molecule has 0 aliphatic rings. The summed E-state index contributed by atoms with van der Waals surface area (Å²) in [7, 11) is -4.24. The fraction of sp³-hybridized carbons (Fsp3) is 0.286. The molecule has 39 heavy (non-hydrogen) atoms. The number of carbonyl (C=O) groups excluding carboxylic acids is 2. The minimum Gasteiger partial charge on any atom is -0.352 e. The van der Waals surface area contributed by atoms with Crippen LogP contribution in [0, 0.1) is 0 Å². The molecule has 2 amide bonds. The number of hydrogen-bond acceptors (Lipinski definition) is 4. The first kappa shape index (κ1) is 30.8. The van der Waals surface area contributed by atoms with Crippen LogP contribution in [-0.4, -0.2) is 43.8 Å². The third-order valence-corrected chi connectivity index (χ3v) is 8.80. The first-order chi connectivity index (χ1) is 18.4. The third kappa shape index (κ3) is 7.88. The quantitative estimate of drug-likeness (QED) is 0.281. The van der Waals surface area contributed by atoms with Gasteiger partial charge in [-0.2, -0.15) is 0 Å². The summed E-state index contributed by atoms with van der Waals surface area (Å²) < 4.78 is 28.5. The van der Waals surface area contributed by atoms with Gasteiger partial charge in [0.25, 0.3) is 10.0 Å². The van der Waals surface area contributed by atoms with Crippen molar-refractivity contribution in [3.63, 3.8) is 0 Å². The Morgan fingerprint density at radius 2 is 1.51 bits per heavy atom. The van der Waals surface area contributed by atoms with Gasteiger partial charge < -0.3 is 10.2 Å². The van der Waals surface area contributed by atoms with Gasteiger partial charge >= 0.3 is 0 Å². The summed E-state index contributed by atoms with van der Waals surface area (Å²) in [5.74, 6) is -0.961. The van der Waals surface area contributed by atoms with Crippen LogP contribution in [-0.2, 0) is 26.2 Å². The predicted molar refractivity (Wildman–Crippen MR) is 157 cm³/mol. The van der Waals surface area contributed by atoms with E-state index in [1.165, 1.54) is 35.2 Å². The van der Waals surface area contributed by atoms with Gasteiger partial charge in [0, 0.05) is 22.6 Å². The molecule has 0 radical (unpaired) electrons. The SMILES string of the molecule is CCC(C)NC(=O)C(C)N(Cc1ccc(Cl)cc1)C(=O)CN(c1cc(Cl)ccc1Cl)S(=O)(=O)c1ccccc1. The largest absolute Gasteiger partial charge is 0.352 e. The standard InChI is InChI=1S/C28H30Cl3N3O4S/c1-4-19(2)32-28(36)20(3)33(17-21-10-12-22(29)13-11-21)27(35)18-34(26-16-23(30)14-15-25(26)31)39(37,38)24-8-6-5-7-9-24/h5-16,19-20H,4,17-18H2,1-3H3,(H,32,36). The van der Waals surface area contributed by atoms with Crippen LogP contribution in [0.15, 0.2) is 77.7 Å². The number of hydrogen-bond donors (Lipinski definition) is 1. The summed E-state index contributed by atoms with van der Waals surface area (Å²) >= 11 is 18.6. The molecule has 0 saturated heterocycles. The van der Waals surface area contributed by atoms with E-state index in [1.54, 1.807) is 49.4 Å². The number of halogens is 3. The molecule has 0 fully saturated rings. The van der Waals surface area contributed by atoms with Crippen molar-refractivity contribution < 1.29 is 18.0 Å². The Morgan fingerprint density at radius 3 is 2.13 bits per heavy atom. The lowest BCUT2D eigenvalue weighted by molar-refractivity contribution is -0.139. The molecule has 0 bridgehead atoms. The van der Waals surface area contributed by atoms with Crippen LogP contribution < -0.4 is 9.62 Å². The zero-order chi connectivity index (χ0) is 28.7. The lowest BCUT2D eigenvalue weighted by Crippen LogP contribution is -2.52. The number of nitrogens with zero attached hydrogens (tertiary/aromatic N) is 2. The molecular formula is C28H30Cl3N3O4S. The molecule has 2 atom stereocenters. The summed E-state index contributed by atoms with van der Waals surface area (Å²) in [6.07, 6.45) is 0.708. The minimum atomic E-state index is -4.24. The lowest BCUT2D eigenvalue weighted by Gasteiger charge is -2.32. The van der Waals surface area contributed by atoms with E-state index < -0.39 is 28.5 Å². The molecule has 3 rings (SSSR count). The summed E-state index contributed by atoms with van der Waals surface area (Å²) in [5.41, 5.74) is 0.763. The number of amides is 2. The summed E-state index contributed by atoms with van der Waals surface area (Å²) in [4.78, 5) is 28.3. The molecule has 1 N–H and O–H groups in total. The van der Waals surface area contributed by atoms with Crippen LogP contribution in [0.3, 0.4) is 0 Å². The normalized spacial score (nSPS) is 12.9. The van der Waals surface area contributed by atoms with E-state index in [-0.39, 0.29) is 39.1 Å². The summed E-state index contributed by atoms with van der Waals surface area (Å²) in [5, 5.41) is 3.76. The number of carbonyl (C=O) groups is 2. The summed E-state index contributed by atoms with van der Waals surface area (Å²) in [6.45, 7) is 4.84. The van der Waals surface area contributed by atoms with Crippen LogP contribution in [0.5, 0.6) is 0 Å². The second kappa shape index (κ2) is 13.5. The maximum atomic E-state index is 13.9. The van der Waals surface area contributed by atoms with Gasteiger partial charge in [-0.25, -0.2) is 8.42 Å². The zero-order valence-corrected chi connectivity index (χ0v) is 24.9. The van der Waals surface area contributed by atoms with E-state index >= 15 is 0 Å². The highest BCUT2D eigenvalue weighted by Gasteiger charge is 2.33. The van der Waals surface area contributed by atoms with E-state index in [0.29, 0.717) is 17.0 Å². The predicted octanol–water partition coefficient (Wildman–Crippen LogP) is 6.17. The monoisotopic (exact) mass is 609 g/mol. The third-order valence-electron chi connectivity index (χ3n) is 6.22. The summed E-state index contributed by atoms with van der Waals surface area (Å²) in [6, 6.07) is 17.9. The minimum absolute atomic E-state index is 0.0272. The molecule has 0 heterocycles. The van der Waals surface area contributed by atoms with E-state index in [2.05, 4.69) is 5.32 Å². The van der Waals surface area contributed by atoms with Gasteiger partial charge in [0.15, 0.2) is 0 Å². The molecule has 0 aliphatic carbocycles. The molecule has 7 nitrogen and oxygen atoms in total. The first-order valence-corrected chi connectivity index (χ1v) is 14.9. The Morgan fingerprint density at radius 1 is 0.897 bits per heavy atom. The van der Waals surface area contributed by atoms with Crippen molar-refractivity contribution in [2.45, 2.75) is 50.7 Å². The Hall–Kier alpha value is -2.78. The van der Waals surface area contributed by atoms with Gasteiger partial charge in [0.05, 0.1) is 15.6 Å². The maximum absolute atomic E-state index is 13.9.